The van der Waals surface area contributed by atoms with Crippen LogP contribution in [0.4, 0.5) is 0 Å². The highest BCUT2D eigenvalue weighted by molar-refractivity contribution is 5.94. The molecule has 0 bridgehead atoms. The molecule has 2 heterocycles. The van der Waals surface area contributed by atoms with Crippen molar-refractivity contribution in [2.45, 2.75) is 25.2 Å². The number of aromatic nitrogens is 1. The van der Waals surface area contributed by atoms with E-state index in [2.05, 4.69) is 40.8 Å². The Labute approximate surface area is 107 Å². The van der Waals surface area contributed by atoms with Gasteiger partial charge in [-0.1, -0.05) is 24.3 Å². The van der Waals surface area contributed by atoms with Crippen LogP contribution in [0.3, 0.4) is 0 Å². The molecular formula is C16H18N2. The van der Waals surface area contributed by atoms with Gasteiger partial charge in [-0.2, -0.15) is 0 Å². The molecule has 2 nitrogen and oxygen atoms in total. The van der Waals surface area contributed by atoms with Crippen molar-refractivity contribution in [3.8, 4) is 0 Å². The molecule has 1 aliphatic carbocycles. The third kappa shape index (κ3) is 1.60. The van der Waals surface area contributed by atoms with E-state index in [1.165, 1.54) is 40.4 Å². The van der Waals surface area contributed by atoms with Gasteiger partial charge in [0.15, 0.2) is 0 Å². The lowest BCUT2D eigenvalue weighted by Crippen LogP contribution is -2.19. The van der Waals surface area contributed by atoms with Gasteiger partial charge in [0, 0.05) is 29.2 Å². The minimum atomic E-state index is 0.808. The van der Waals surface area contributed by atoms with Crippen LogP contribution in [0, 0.1) is 0 Å². The lowest BCUT2D eigenvalue weighted by atomic mass is 9.98. The first-order valence-electron chi connectivity index (χ1n) is 6.93. The minimum Gasteiger partial charge on any atom is -0.360 e. The fraction of sp³-hybridized carbons (Fsp3) is 0.375. The van der Waals surface area contributed by atoms with E-state index in [1.807, 2.05) is 0 Å². The maximum absolute atomic E-state index is 3.51. The van der Waals surface area contributed by atoms with Crippen LogP contribution in [0.1, 0.15) is 36.3 Å². The molecule has 18 heavy (non-hydrogen) atoms. The molecule has 1 aromatic heterocycles. The van der Waals surface area contributed by atoms with E-state index in [4.69, 9.17) is 0 Å². The first kappa shape index (κ1) is 10.4. The van der Waals surface area contributed by atoms with E-state index >= 15 is 0 Å². The average molecular weight is 238 g/mol. The molecular weight excluding hydrogens is 220 g/mol. The molecule has 4 rings (SSSR count). The molecule has 2 aromatic rings. The summed E-state index contributed by atoms with van der Waals surface area (Å²) < 4.78 is 0. The van der Waals surface area contributed by atoms with Crippen LogP contribution >= 0.6 is 0 Å². The Kier molecular flexibility index (Phi) is 2.30. The van der Waals surface area contributed by atoms with E-state index in [9.17, 15) is 0 Å². The Hall–Kier alpha value is -1.54. The van der Waals surface area contributed by atoms with E-state index in [1.54, 1.807) is 0 Å². The molecule has 2 N–H and O–H groups in total. The van der Waals surface area contributed by atoms with Crippen molar-refractivity contribution < 1.29 is 0 Å². The number of aromatic amines is 1. The maximum Gasteiger partial charge on any atom is 0.0495 e. The summed E-state index contributed by atoms with van der Waals surface area (Å²) in [4.78, 5) is 3.51. The zero-order chi connectivity index (χ0) is 11.9. The van der Waals surface area contributed by atoms with Gasteiger partial charge in [-0.15, -0.1) is 0 Å². The van der Waals surface area contributed by atoms with Gasteiger partial charge in [0.25, 0.3) is 0 Å². The van der Waals surface area contributed by atoms with Gasteiger partial charge in [0.1, 0.15) is 0 Å². The predicted molar refractivity (Wildman–Crippen MR) is 75.7 cm³/mol. The lowest BCUT2D eigenvalue weighted by Gasteiger charge is -2.13. The summed E-state index contributed by atoms with van der Waals surface area (Å²) in [5.41, 5.74) is 5.80. The van der Waals surface area contributed by atoms with Crippen molar-refractivity contribution in [3.05, 3.63) is 41.6 Å². The van der Waals surface area contributed by atoms with Gasteiger partial charge in [0.2, 0.25) is 0 Å². The van der Waals surface area contributed by atoms with Gasteiger partial charge in [-0.05, 0) is 42.9 Å². The summed E-state index contributed by atoms with van der Waals surface area (Å²) in [7, 11) is 0. The first-order valence-corrected chi connectivity index (χ1v) is 6.93. The predicted octanol–water partition coefficient (Wildman–Crippen LogP) is 3.42. The number of rotatable bonds is 2. The Morgan fingerprint density at radius 1 is 1.17 bits per heavy atom. The van der Waals surface area contributed by atoms with Crippen molar-refractivity contribution in [1.29, 1.82) is 0 Å². The molecule has 0 unspecified atom stereocenters. The molecule has 2 heteroatoms. The van der Waals surface area contributed by atoms with Crippen LogP contribution in [0.2, 0.25) is 0 Å². The Morgan fingerprint density at radius 3 is 2.89 bits per heavy atom. The van der Waals surface area contributed by atoms with Crippen LogP contribution in [0.15, 0.2) is 30.5 Å². The third-order valence-electron chi connectivity index (χ3n) is 4.17. The third-order valence-corrected chi connectivity index (χ3v) is 4.17. The monoisotopic (exact) mass is 238 g/mol. The summed E-state index contributed by atoms with van der Waals surface area (Å²) in [6, 6.07) is 6.77. The zero-order valence-electron chi connectivity index (χ0n) is 10.5. The standard InChI is InChI=1S/C16H18N2/c1-2-13(11-4-5-11)16-14(3-1)15(10-18-16)12-6-8-17-9-7-12/h1-3,6,10-11,17-18H,4-5,7-9H2. The fourth-order valence-electron chi connectivity index (χ4n) is 3.05. The van der Waals surface area contributed by atoms with Crippen LogP contribution < -0.4 is 5.32 Å². The highest BCUT2D eigenvalue weighted by Gasteiger charge is 2.26. The number of hydrogen-bond donors (Lipinski definition) is 2. The van der Waals surface area contributed by atoms with Crippen molar-refractivity contribution in [3.63, 3.8) is 0 Å². The molecule has 0 atom stereocenters. The summed E-state index contributed by atoms with van der Waals surface area (Å²) in [6.45, 7) is 2.10. The Balaban J connectivity index is 1.87. The molecule has 92 valence electrons. The first-order chi connectivity index (χ1) is 8.93. The Morgan fingerprint density at radius 2 is 2.11 bits per heavy atom. The molecule has 2 aliphatic rings. The zero-order valence-corrected chi connectivity index (χ0v) is 10.5. The van der Waals surface area contributed by atoms with Crippen LogP contribution in [0.25, 0.3) is 16.5 Å². The minimum absolute atomic E-state index is 0.808. The largest absolute Gasteiger partial charge is 0.360 e. The number of benzene rings is 1. The maximum atomic E-state index is 3.51. The SMILES string of the molecule is C1=C(c2c[nH]c3c(C4CC4)cccc23)CCNC1. The van der Waals surface area contributed by atoms with E-state index in [-0.39, 0.29) is 0 Å². The molecule has 1 fully saturated rings. The molecule has 0 saturated heterocycles. The summed E-state index contributed by atoms with van der Waals surface area (Å²) in [6.07, 6.45) is 8.39. The quantitative estimate of drug-likeness (QED) is 0.824. The number of nitrogens with one attached hydrogen (secondary N) is 2. The van der Waals surface area contributed by atoms with Gasteiger partial charge >= 0.3 is 0 Å². The number of para-hydroxylation sites is 1. The molecule has 1 aliphatic heterocycles. The lowest BCUT2D eigenvalue weighted by molar-refractivity contribution is 0.739. The summed E-state index contributed by atoms with van der Waals surface area (Å²) >= 11 is 0. The highest BCUT2D eigenvalue weighted by atomic mass is 14.8. The van der Waals surface area contributed by atoms with Crippen molar-refractivity contribution in [1.82, 2.24) is 10.3 Å². The van der Waals surface area contributed by atoms with Crippen molar-refractivity contribution in [2.75, 3.05) is 13.1 Å². The molecule has 0 spiro atoms. The number of H-pyrrole nitrogens is 1. The van der Waals surface area contributed by atoms with Gasteiger partial charge in [-0.3, -0.25) is 0 Å². The second-order valence-electron chi connectivity index (χ2n) is 5.43. The van der Waals surface area contributed by atoms with E-state index in [0.717, 1.165) is 25.4 Å². The molecule has 1 aromatic carbocycles. The van der Waals surface area contributed by atoms with E-state index in [0.29, 0.717) is 0 Å². The Bertz CT molecular complexity index is 617. The molecule has 0 amide bonds. The smallest absolute Gasteiger partial charge is 0.0495 e. The van der Waals surface area contributed by atoms with Gasteiger partial charge < -0.3 is 10.3 Å². The average Bonchev–Trinajstić information content (AvgIpc) is 3.18. The topological polar surface area (TPSA) is 27.8 Å². The molecule has 0 radical (unpaired) electrons. The van der Waals surface area contributed by atoms with Crippen LogP contribution in [-0.4, -0.2) is 18.1 Å². The van der Waals surface area contributed by atoms with Gasteiger partial charge in [0.05, 0.1) is 0 Å². The summed E-state index contributed by atoms with van der Waals surface area (Å²) in [5, 5.41) is 4.79. The van der Waals surface area contributed by atoms with Crippen LogP contribution in [0.5, 0.6) is 0 Å². The fourth-order valence-corrected chi connectivity index (χ4v) is 3.05. The van der Waals surface area contributed by atoms with Crippen LogP contribution in [-0.2, 0) is 0 Å². The second-order valence-corrected chi connectivity index (χ2v) is 5.43. The van der Waals surface area contributed by atoms with Crippen molar-refractivity contribution >= 4 is 16.5 Å². The molecule has 1 saturated carbocycles. The van der Waals surface area contributed by atoms with Gasteiger partial charge in [-0.25, -0.2) is 0 Å². The number of hydrogen-bond acceptors (Lipinski definition) is 1. The second kappa shape index (κ2) is 3.99. The van der Waals surface area contributed by atoms with E-state index < -0.39 is 0 Å². The normalized spacial score (nSPS) is 20.1. The highest BCUT2D eigenvalue weighted by Crippen LogP contribution is 2.43. The summed E-state index contributed by atoms with van der Waals surface area (Å²) in [5.74, 6) is 0.808. The number of fused-ring (bicyclic) bond motifs is 1. The van der Waals surface area contributed by atoms with Crippen molar-refractivity contribution in [2.24, 2.45) is 0 Å².